The van der Waals surface area contributed by atoms with Crippen LogP contribution < -0.4 is 9.74 Å². The van der Waals surface area contributed by atoms with Crippen LogP contribution in [0.3, 0.4) is 0 Å². The maximum absolute atomic E-state index is 12.4. The average Bonchev–Trinajstić information content (AvgIpc) is 2.62. The van der Waals surface area contributed by atoms with E-state index in [2.05, 4.69) is 69.5 Å². The zero-order valence-corrected chi connectivity index (χ0v) is 24.3. The van der Waals surface area contributed by atoms with Crippen molar-refractivity contribution < 1.29 is 23.5 Å². The highest BCUT2D eigenvalue weighted by Gasteiger charge is 2.47. The number of alkyl carbamates (subject to hydrolysis) is 1. The van der Waals surface area contributed by atoms with Crippen LogP contribution in [0.4, 0.5) is 4.79 Å². The molecule has 0 bridgehead atoms. The van der Waals surface area contributed by atoms with Crippen molar-refractivity contribution in [3.63, 3.8) is 0 Å². The number of esters is 1. The Kier molecular flexibility index (Phi) is 10.5. The van der Waals surface area contributed by atoms with Crippen LogP contribution in [-0.4, -0.2) is 39.1 Å². The zero-order valence-electron chi connectivity index (χ0n) is 21.2. The first kappa shape index (κ1) is 28.7. The van der Waals surface area contributed by atoms with Gasteiger partial charge in [-0.15, -0.1) is 0 Å². The van der Waals surface area contributed by atoms with Crippen LogP contribution in [-0.2, 0) is 20.7 Å². The summed E-state index contributed by atoms with van der Waals surface area (Å²) in [5.74, 6) is 0.294. The SMILES string of the molecule is COC(=O)[C@H](Cc1cc(I)cc(O[Si](C(C)C)(C(C)C)C(C)C)c1)NC(=O)OC(C)(C)C. The Labute approximate surface area is 208 Å². The number of hydrogen-bond acceptors (Lipinski definition) is 5. The molecule has 0 saturated carbocycles. The molecule has 32 heavy (non-hydrogen) atoms. The van der Waals surface area contributed by atoms with E-state index < -0.39 is 32.0 Å². The first-order valence-corrected chi connectivity index (χ1v) is 14.4. The minimum absolute atomic E-state index is 0.276. The number of halogens is 1. The molecule has 1 aromatic carbocycles. The van der Waals surface area contributed by atoms with Crippen LogP contribution >= 0.6 is 22.6 Å². The van der Waals surface area contributed by atoms with Crippen LogP contribution in [0.2, 0.25) is 16.6 Å². The Morgan fingerprint density at radius 3 is 1.97 bits per heavy atom. The molecule has 0 aliphatic heterocycles. The molecule has 1 aromatic rings. The molecule has 6 nitrogen and oxygen atoms in total. The highest BCUT2D eigenvalue weighted by molar-refractivity contribution is 14.1. The second-order valence-corrected chi connectivity index (χ2v) is 16.8. The van der Waals surface area contributed by atoms with E-state index in [4.69, 9.17) is 13.9 Å². The van der Waals surface area contributed by atoms with E-state index in [9.17, 15) is 9.59 Å². The van der Waals surface area contributed by atoms with Crippen molar-refractivity contribution in [2.45, 2.75) is 97.0 Å². The number of ether oxygens (including phenoxy) is 2. The highest BCUT2D eigenvalue weighted by Crippen LogP contribution is 2.43. The van der Waals surface area contributed by atoms with E-state index in [1.807, 2.05) is 18.2 Å². The third kappa shape index (κ3) is 7.93. The van der Waals surface area contributed by atoms with Crippen molar-refractivity contribution in [1.29, 1.82) is 0 Å². The Morgan fingerprint density at radius 2 is 1.53 bits per heavy atom. The smallest absolute Gasteiger partial charge is 0.408 e. The summed E-state index contributed by atoms with van der Waals surface area (Å²) in [6.07, 6.45) is -0.375. The summed E-state index contributed by atoms with van der Waals surface area (Å²) in [6, 6.07) is 5.14. The Balaban J connectivity index is 3.23. The molecule has 0 saturated heterocycles. The molecule has 0 spiro atoms. The monoisotopic (exact) mass is 577 g/mol. The predicted octanol–water partition coefficient (Wildman–Crippen LogP) is 6.45. The van der Waals surface area contributed by atoms with Gasteiger partial charge >= 0.3 is 12.1 Å². The standard InChI is InChI=1S/C24H40INO5Si/c1-15(2)32(16(3)4,17(5)6)31-20-12-18(11-19(25)14-20)13-21(22(27)29-10)26-23(28)30-24(7,8)9/h11-12,14-17,21H,13H2,1-10H3,(H,26,28)/t21-/m0/s1. The number of rotatable bonds is 9. The fourth-order valence-electron chi connectivity index (χ4n) is 4.38. The van der Waals surface area contributed by atoms with Crippen LogP contribution in [0.25, 0.3) is 0 Å². The second kappa shape index (κ2) is 11.7. The normalized spacial score (nSPS) is 13.3. The Morgan fingerprint density at radius 1 is 1.00 bits per heavy atom. The van der Waals surface area contributed by atoms with Gasteiger partial charge in [0.05, 0.1) is 7.11 Å². The van der Waals surface area contributed by atoms with E-state index in [0.717, 1.165) is 14.9 Å². The van der Waals surface area contributed by atoms with Crippen molar-refractivity contribution in [1.82, 2.24) is 5.32 Å². The lowest BCUT2D eigenvalue weighted by atomic mass is 10.1. The lowest BCUT2D eigenvalue weighted by Crippen LogP contribution is -2.50. The number of nitrogens with one attached hydrogen (secondary N) is 1. The average molecular weight is 578 g/mol. The van der Waals surface area contributed by atoms with E-state index >= 15 is 0 Å². The molecule has 0 unspecified atom stereocenters. The van der Waals surface area contributed by atoms with E-state index in [1.54, 1.807) is 20.8 Å². The van der Waals surface area contributed by atoms with Gasteiger partial charge in [-0.1, -0.05) is 41.5 Å². The fraction of sp³-hybridized carbons (Fsp3) is 0.667. The minimum Gasteiger partial charge on any atom is -0.543 e. The number of amides is 1. The van der Waals surface area contributed by atoms with Crippen molar-refractivity contribution in [2.75, 3.05) is 7.11 Å². The van der Waals surface area contributed by atoms with Crippen molar-refractivity contribution >= 4 is 43.0 Å². The molecule has 0 radical (unpaired) electrons. The van der Waals surface area contributed by atoms with Gasteiger partial charge in [-0.25, -0.2) is 9.59 Å². The first-order chi connectivity index (χ1) is 14.6. The molecule has 0 aliphatic carbocycles. The third-order valence-corrected chi connectivity index (χ3v) is 12.2. The van der Waals surface area contributed by atoms with Gasteiger partial charge in [-0.3, -0.25) is 0 Å². The van der Waals surface area contributed by atoms with Gasteiger partial charge in [-0.05, 0) is 83.7 Å². The summed E-state index contributed by atoms with van der Waals surface area (Å²) in [7, 11) is -0.812. The summed E-state index contributed by atoms with van der Waals surface area (Å²) in [5.41, 5.74) is 1.56. The molecule has 1 atom stereocenters. The molecule has 1 amide bonds. The van der Waals surface area contributed by atoms with Gasteiger partial charge in [0.25, 0.3) is 8.32 Å². The number of hydrogen-bond donors (Lipinski definition) is 1. The van der Waals surface area contributed by atoms with Gasteiger partial charge in [0.15, 0.2) is 0 Å². The number of methoxy groups -OCH3 is 1. The molecule has 182 valence electrons. The van der Waals surface area contributed by atoms with Gasteiger partial charge in [-0.2, -0.15) is 0 Å². The topological polar surface area (TPSA) is 73.9 Å². The fourth-order valence-corrected chi connectivity index (χ4v) is 10.3. The van der Waals surface area contributed by atoms with E-state index in [-0.39, 0.29) is 6.42 Å². The maximum atomic E-state index is 12.4. The van der Waals surface area contributed by atoms with Crippen molar-refractivity contribution in [2.24, 2.45) is 0 Å². The summed E-state index contributed by atoms with van der Waals surface area (Å²) in [6.45, 7) is 18.8. The Hall–Kier alpha value is -1.29. The number of carbonyl (C=O) groups excluding carboxylic acids is 2. The van der Waals surface area contributed by atoms with Crippen LogP contribution in [0.5, 0.6) is 5.75 Å². The molecule has 0 fully saturated rings. The number of benzene rings is 1. The van der Waals surface area contributed by atoms with Crippen molar-refractivity contribution in [3.8, 4) is 5.75 Å². The molecular weight excluding hydrogens is 537 g/mol. The summed E-state index contributed by atoms with van der Waals surface area (Å²) in [4.78, 5) is 24.6. The zero-order chi connectivity index (χ0) is 24.9. The lowest BCUT2D eigenvalue weighted by molar-refractivity contribution is -0.143. The predicted molar refractivity (Wildman–Crippen MR) is 140 cm³/mol. The Bertz CT molecular complexity index is 767. The summed E-state index contributed by atoms with van der Waals surface area (Å²) < 4.78 is 18.1. The second-order valence-electron chi connectivity index (χ2n) is 10.1. The highest BCUT2D eigenvalue weighted by atomic mass is 127. The van der Waals surface area contributed by atoms with Crippen molar-refractivity contribution in [3.05, 3.63) is 27.3 Å². The molecule has 8 heteroatoms. The lowest BCUT2D eigenvalue weighted by Gasteiger charge is -2.42. The minimum atomic E-state index is -2.12. The van der Waals surface area contributed by atoms with Crippen LogP contribution in [0.15, 0.2) is 18.2 Å². The molecule has 0 heterocycles. The van der Waals surface area contributed by atoms with Crippen LogP contribution in [0, 0.1) is 3.57 Å². The number of carbonyl (C=O) groups is 2. The van der Waals surface area contributed by atoms with Gasteiger partial charge in [0.1, 0.15) is 17.4 Å². The van der Waals surface area contributed by atoms with E-state index in [1.165, 1.54) is 7.11 Å². The van der Waals surface area contributed by atoms with Gasteiger partial charge in [0, 0.05) is 9.99 Å². The quantitative estimate of drug-likeness (QED) is 0.207. The van der Waals surface area contributed by atoms with Crippen LogP contribution in [0.1, 0.15) is 67.9 Å². The molecule has 1 N–H and O–H groups in total. The molecule has 0 aromatic heterocycles. The maximum Gasteiger partial charge on any atom is 0.408 e. The molecule has 1 rings (SSSR count). The summed E-state index contributed by atoms with van der Waals surface area (Å²) in [5, 5.41) is 2.64. The molecular formula is C24H40INO5Si. The van der Waals surface area contributed by atoms with Gasteiger partial charge < -0.3 is 19.2 Å². The largest absolute Gasteiger partial charge is 0.543 e. The third-order valence-electron chi connectivity index (χ3n) is 5.55. The van der Waals surface area contributed by atoms with E-state index in [0.29, 0.717) is 16.6 Å². The van der Waals surface area contributed by atoms with Gasteiger partial charge in [0.2, 0.25) is 0 Å². The first-order valence-electron chi connectivity index (χ1n) is 11.2. The molecule has 0 aliphatic rings. The summed E-state index contributed by atoms with van der Waals surface area (Å²) >= 11 is 2.26.